The zero-order valence-corrected chi connectivity index (χ0v) is 29.1. The van der Waals surface area contributed by atoms with Gasteiger partial charge < -0.3 is 0 Å². The lowest BCUT2D eigenvalue weighted by atomic mass is 9.86. The second kappa shape index (κ2) is 11.8. The Labute approximate surface area is 311 Å². The Morgan fingerprint density at radius 3 is 1.37 bits per heavy atom. The zero-order valence-electron chi connectivity index (χ0n) is 29.1. The van der Waals surface area contributed by atoms with Gasteiger partial charge in [0.25, 0.3) is 0 Å². The average molecular weight is 684 g/mol. The second-order valence-corrected chi connectivity index (χ2v) is 14.1. The van der Waals surface area contributed by atoms with E-state index in [9.17, 15) is 5.26 Å². The van der Waals surface area contributed by atoms with Crippen LogP contribution in [0.5, 0.6) is 0 Å². The van der Waals surface area contributed by atoms with Gasteiger partial charge in [-0.05, 0) is 106 Å². The van der Waals surface area contributed by atoms with Crippen molar-refractivity contribution in [2.24, 2.45) is 0 Å². The van der Waals surface area contributed by atoms with Gasteiger partial charge in [0.15, 0.2) is 5.82 Å². The molecule has 0 spiro atoms. The number of nitriles is 1. The average Bonchev–Trinajstić information content (AvgIpc) is 3.25. The van der Waals surface area contributed by atoms with Gasteiger partial charge in [0.2, 0.25) is 0 Å². The van der Waals surface area contributed by atoms with Gasteiger partial charge in [0.1, 0.15) is 0 Å². The van der Waals surface area contributed by atoms with Crippen molar-refractivity contribution in [3.05, 3.63) is 181 Å². The summed E-state index contributed by atoms with van der Waals surface area (Å²) < 4.78 is 0. The topological polar surface area (TPSA) is 49.6 Å². The molecule has 0 amide bonds. The maximum Gasteiger partial charge on any atom is 0.160 e. The lowest BCUT2D eigenvalue weighted by Crippen LogP contribution is -1.96. The highest BCUT2D eigenvalue weighted by Gasteiger charge is 2.17. The molecule has 1 aromatic heterocycles. The van der Waals surface area contributed by atoms with Crippen LogP contribution >= 0.6 is 0 Å². The molecule has 0 unspecified atom stereocenters. The summed E-state index contributed by atoms with van der Waals surface area (Å²) in [4.78, 5) is 10.0. The quantitative estimate of drug-likeness (QED) is 0.174. The molecule has 0 bridgehead atoms. The molecule has 0 aliphatic heterocycles. The van der Waals surface area contributed by atoms with Crippen LogP contribution in [0.25, 0.3) is 110 Å². The minimum Gasteiger partial charge on any atom is -0.228 e. The highest BCUT2D eigenvalue weighted by molar-refractivity contribution is 6.37. The number of hydrogen-bond acceptors (Lipinski definition) is 3. The largest absolute Gasteiger partial charge is 0.228 e. The van der Waals surface area contributed by atoms with Crippen LogP contribution in [0.2, 0.25) is 0 Å². The van der Waals surface area contributed by atoms with Crippen molar-refractivity contribution in [2.45, 2.75) is 0 Å². The first kappa shape index (κ1) is 30.2. The maximum atomic E-state index is 9.36. The van der Waals surface area contributed by atoms with Crippen molar-refractivity contribution < 1.29 is 0 Å². The molecule has 3 heteroatoms. The predicted octanol–water partition coefficient (Wildman–Crippen LogP) is 13.4. The first-order chi connectivity index (χ1) is 26.7. The van der Waals surface area contributed by atoms with E-state index < -0.39 is 0 Å². The van der Waals surface area contributed by atoms with Crippen LogP contribution in [0.4, 0.5) is 0 Å². The van der Waals surface area contributed by atoms with Gasteiger partial charge >= 0.3 is 0 Å². The Bertz CT molecular complexity index is 3300. The molecule has 0 radical (unpaired) electrons. The van der Waals surface area contributed by atoms with E-state index in [4.69, 9.17) is 9.97 Å². The SMILES string of the molecule is N#Cc1ccc(-c2cc(-c3ccc(-c4cc5ccc6cccc7c8cccc9ccc%10cccc(c(c4)c5c67)c%10c98)cc3)nc(-c3ccccc3)n2)cc1. The summed E-state index contributed by atoms with van der Waals surface area (Å²) in [6.45, 7) is 0. The number of rotatable bonds is 4. The summed E-state index contributed by atoms with van der Waals surface area (Å²) in [5.74, 6) is 0.662. The fraction of sp³-hybridized carbons (Fsp3) is 0. The Morgan fingerprint density at radius 1 is 0.333 bits per heavy atom. The van der Waals surface area contributed by atoms with E-state index >= 15 is 0 Å². The highest BCUT2D eigenvalue weighted by Crippen LogP contribution is 2.44. The lowest BCUT2D eigenvalue weighted by molar-refractivity contribution is 1.18. The fourth-order valence-electron chi connectivity index (χ4n) is 8.46. The Hall–Kier alpha value is -7.41. The smallest absolute Gasteiger partial charge is 0.160 e. The number of aromatic nitrogens is 2. The Morgan fingerprint density at radius 2 is 0.815 bits per heavy atom. The van der Waals surface area contributed by atoms with Crippen LogP contribution in [0.1, 0.15) is 5.56 Å². The third kappa shape index (κ3) is 4.68. The molecule has 0 atom stereocenters. The first-order valence-corrected chi connectivity index (χ1v) is 18.2. The molecule has 10 aromatic carbocycles. The molecule has 11 rings (SSSR count). The Kier molecular flexibility index (Phi) is 6.62. The monoisotopic (exact) mass is 683 g/mol. The van der Waals surface area contributed by atoms with Crippen molar-refractivity contribution in [3.63, 3.8) is 0 Å². The van der Waals surface area contributed by atoms with Gasteiger partial charge in [-0.2, -0.15) is 5.26 Å². The Balaban J connectivity index is 1.12. The first-order valence-electron chi connectivity index (χ1n) is 18.2. The van der Waals surface area contributed by atoms with Gasteiger partial charge in [0.05, 0.1) is 23.0 Å². The standard InChI is InChI=1S/C51H29N3/c52-30-31-15-17-33(18-16-31)45-29-46(54-51(53-45)38-7-2-1-3-8-38)34-21-19-32(20-22-34)40-27-39-26-25-37-10-5-13-42-41-12-4-9-35-23-24-36-11-6-14-43(49(36)47(35)41)44(28-40)50(39)48(37)42/h1-29H. The summed E-state index contributed by atoms with van der Waals surface area (Å²) >= 11 is 0. The van der Waals surface area contributed by atoms with Crippen molar-refractivity contribution in [2.75, 3.05) is 0 Å². The molecule has 1 heterocycles. The van der Waals surface area contributed by atoms with E-state index in [1.807, 2.05) is 60.7 Å². The maximum absolute atomic E-state index is 9.36. The fourth-order valence-corrected chi connectivity index (χ4v) is 8.46. The van der Waals surface area contributed by atoms with Crippen LogP contribution in [-0.4, -0.2) is 9.97 Å². The summed E-state index contributed by atoms with van der Waals surface area (Å²) in [7, 11) is 0. The zero-order chi connectivity index (χ0) is 35.8. The molecule has 0 aliphatic carbocycles. The molecule has 0 saturated heterocycles. The predicted molar refractivity (Wildman–Crippen MR) is 225 cm³/mol. The van der Waals surface area contributed by atoms with Crippen LogP contribution in [0.15, 0.2) is 176 Å². The van der Waals surface area contributed by atoms with E-state index in [0.29, 0.717) is 11.4 Å². The van der Waals surface area contributed by atoms with Crippen LogP contribution in [-0.2, 0) is 0 Å². The molecule has 0 saturated carbocycles. The van der Waals surface area contributed by atoms with Gasteiger partial charge in [0, 0.05) is 16.7 Å². The number of nitrogens with zero attached hydrogens (tertiary/aromatic N) is 3. The summed E-state index contributed by atoms with van der Waals surface area (Å²) in [6, 6.07) is 64.7. The molecule has 54 heavy (non-hydrogen) atoms. The van der Waals surface area contributed by atoms with Crippen molar-refractivity contribution in [1.29, 1.82) is 5.26 Å². The second-order valence-electron chi connectivity index (χ2n) is 14.1. The van der Waals surface area contributed by atoms with Gasteiger partial charge in [-0.1, -0.05) is 146 Å². The summed E-state index contributed by atoms with van der Waals surface area (Å²) in [5.41, 5.74) is 7.48. The third-order valence-electron chi connectivity index (χ3n) is 11.0. The highest BCUT2D eigenvalue weighted by atomic mass is 14.9. The minimum atomic E-state index is 0.619. The molecule has 248 valence electrons. The number of hydrogen-bond donors (Lipinski definition) is 0. The van der Waals surface area contributed by atoms with Crippen molar-refractivity contribution in [3.8, 4) is 51.1 Å². The normalized spacial score (nSPS) is 11.7. The molecule has 0 aliphatic rings. The molecule has 0 fully saturated rings. The van der Waals surface area contributed by atoms with E-state index in [0.717, 1.165) is 33.6 Å². The van der Waals surface area contributed by atoms with Crippen LogP contribution in [0.3, 0.4) is 0 Å². The molecule has 3 nitrogen and oxygen atoms in total. The van der Waals surface area contributed by atoms with Crippen LogP contribution in [0, 0.1) is 11.3 Å². The van der Waals surface area contributed by atoms with E-state index in [1.165, 1.54) is 70.2 Å². The molecular formula is C51H29N3. The van der Waals surface area contributed by atoms with Gasteiger partial charge in [-0.15, -0.1) is 0 Å². The van der Waals surface area contributed by atoms with E-state index in [2.05, 4.69) is 121 Å². The van der Waals surface area contributed by atoms with Gasteiger partial charge in [-0.25, -0.2) is 9.97 Å². The van der Waals surface area contributed by atoms with Crippen molar-refractivity contribution in [1.82, 2.24) is 9.97 Å². The molecule has 0 N–H and O–H groups in total. The van der Waals surface area contributed by atoms with Gasteiger partial charge in [-0.3, -0.25) is 0 Å². The minimum absolute atomic E-state index is 0.619. The third-order valence-corrected chi connectivity index (χ3v) is 11.0. The van der Waals surface area contributed by atoms with Crippen LogP contribution < -0.4 is 0 Å². The van der Waals surface area contributed by atoms with Crippen molar-refractivity contribution >= 4 is 64.6 Å². The van der Waals surface area contributed by atoms with E-state index in [1.54, 1.807) is 0 Å². The summed E-state index contributed by atoms with van der Waals surface area (Å²) in [6.07, 6.45) is 0. The number of benzene rings is 9. The molecular weight excluding hydrogens is 655 g/mol. The lowest BCUT2D eigenvalue weighted by Gasteiger charge is -2.17. The number of fused-ring (bicyclic) bond motifs is 2. The molecule has 11 aromatic rings. The summed E-state index contributed by atoms with van der Waals surface area (Å²) in [5, 5.41) is 24.7. The van der Waals surface area contributed by atoms with E-state index in [-0.39, 0.29) is 0 Å².